The van der Waals surface area contributed by atoms with E-state index in [1.54, 1.807) is 0 Å². The van der Waals surface area contributed by atoms with Crippen molar-refractivity contribution >= 4 is 15.9 Å². The largest absolute Gasteiger partial charge is 0.394 e. The smallest absolute Gasteiger partial charge is 0.0767 e. The molecule has 2 rings (SSSR count). The monoisotopic (exact) mass is 345 g/mol. The summed E-state index contributed by atoms with van der Waals surface area (Å²) in [5.41, 5.74) is 2.38. The predicted molar refractivity (Wildman–Crippen MR) is 81.6 cm³/mol. The van der Waals surface area contributed by atoms with Gasteiger partial charge in [0.1, 0.15) is 0 Å². The lowest BCUT2D eigenvalue weighted by atomic mass is 10.1. The lowest BCUT2D eigenvalue weighted by molar-refractivity contribution is -0.00936. The number of rotatable bonds is 6. The van der Waals surface area contributed by atoms with Gasteiger partial charge in [-0.25, -0.2) is 0 Å². The van der Waals surface area contributed by atoms with E-state index in [2.05, 4.69) is 32.9 Å². The summed E-state index contributed by atoms with van der Waals surface area (Å²) in [6, 6.07) is 0. The summed E-state index contributed by atoms with van der Waals surface area (Å²) in [5.74, 6) is 0. The van der Waals surface area contributed by atoms with Crippen molar-refractivity contribution in [2.24, 2.45) is 7.05 Å². The third-order valence-corrected chi connectivity index (χ3v) is 4.77. The zero-order chi connectivity index (χ0) is 14.5. The second-order valence-corrected chi connectivity index (χ2v) is 6.05. The zero-order valence-electron chi connectivity index (χ0n) is 12.3. The van der Waals surface area contributed by atoms with Gasteiger partial charge in [0, 0.05) is 26.7 Å². The van der Waals surface area contributed by atoms with E-state index in [9.17, 15) is 0 Å². The quantitative estimate of drug-likeness (QED) is 0.852. The minimum Gasteiger partial charge on any atom is -0.394 e. The Morgan fingerprint density at radius 1 is 1.40 bits per heavy atom. The van der Waals surface area contributed by atoms with E-state index >= 15 is 0 Å². The molecule has 0 radical (unpaired) electrons. The van der Waals surface area contributed by atoms with Crippen molar-refractivity contribution < 1.29 is 9.84 Å². The number of nitrogens with zero attached hydrogens (tertiary/aromatic N) is 3. The van der Waals surface area contributed by atoms with Crippen LogP contribution in [0.3, 0.4) is 0 Å². The SMILES string of the molecule is CCc1nn(C)c(CN2CCC(OCCO)CC2)c1Br. The predicted octanol–water partition coefficient (Wildman–Crippen LogP) is 1.72. The molecule has 114 valence electrons. The number of hydrogen-bond acceptors (Lipinski definition) is 4. The zero-order valence-corrected chi connectivity index (χ0v) is 13.9. The number of aromatic nitrogens is 2. The van der Waals surface area contributed by atoms with Gasteiger partial charge in [0.2, 0.25) is 0 Å². The van der Waals surface area contributed by atoms with Gasteiger partial charge in [-0.2, -0.15) is 5.10 Å². The van der Waals surface area contributed by atoms with Crippen LogP contribution >= 0.6 is 15.9 Å². The summed E-state index contributed by atoms with van der Waals surface area (Å²) in [4.78, 5) is 2.44. The minimum absolute atomic E-state index is 0.113. The van der Waals surface area contributed by atoms with E-state index in [-0.39, 0.29) is 6.61 Å². The van der Waals surface area contributed by atoms with Gasteiger partial charge in [0.25, 0.3) is 0 Å². The highest BCUT2D eigenvalue weighted by atomic mass is 79.9. The third-order valence-electron chi connectivity index (χ3n) is 3.86. The molecule has 0 aromatic carbocycles. The van der Waals surface area contributed by atoms with Gasteiger partial charge < -0.3 is 9.84 Å². The van der Waals surface area contributed by atoms with Crippen molar-refractivity contribution in [1.29, 1.82) is 0 Å². The maximum atomic E-state index is 8.78. The fourth-order valence-corrected chi connectivity index (χ4v) is 3.40. The molecule has 0 unspecified atom stereocenters. The Morgan fingerprint density at radius 3 is 2.65 bits per heavy atom. The van der Waals surface area contributed by atoms with Crippen molar-refractivity contribution in [3.05, 3.63) is 15.9 Å². The van der Waals surface area contributed by atoms with Crippen LogP contribution in [-0.2, 0) is 24.8 Å². The molecule has 1 aromatic rings. The minimum atomic E-state index is 0.113. The first-order valence-electron chi connectivity index (χ1n) is 7.30. The van der Waals surface area contributed by atoms with Crippen LogP contribution in [0.2, 0.25) is 0 Å². The first-order valence-corrected chi connectivity index (χ1v) is 8.10. The molecule has 1 aromatic heterocycles. The highest BCUT2D eigenvalue weighted by Crippen LogP contribution is 2.24. The maximum Gasteiger partial charge on any atom is 0.0767 e. The van der Waals surface area contributed by atoms with Crippen molar-refractivity contribution in [3.63, 3.8) is 0 Å². The first-order chi connectivity index (χ1) is 9.65. The van der Waals surface area contributed by atoms with Gasteiger partial charge in [0.05, 0.1) is 35.2 Å². The van der Waals surface area contributed by atoms with Crippen LogP contribution in [0, 0.1) is 0 Å². The lowest BCUT2D eigenvalue weighted by Crippen LogP contribution is -2.37. The Morgan fingerprint density at radius 2 is 2.10 bits per heavy atom. The van der Waals surface area contributed by atoms with Crippen LogP contribution in [0.25, 0.3) is 0 Å². The average Bonchev–Trinajstić information content (AvgIpc) is 2.74. The summed E-state index contributed by atoms with van der Waals surface area (Å²) < 4.78 is 8.73. The normalized spacial score (nSPS) is 17.8. The highest BCUT2D eigenvalue weighted by Gasteiger charge is 2.22. The molecule has 0 saturated carbocycles. The Bertz CT molecular complexity index is 428. The Kier molecular flexibility index (Phi) is 6.01. The van der Waals surface area contributed by atoms with Crippen molar-refractivity contribution in [1.82, 2.24) is 14.7 Å². The van der Waals surface area contributed by atoms with Crippen LogP contribution in [-0.4, -0.2) is 52.2 Å². The van der Waals surface area contributed by atoms with E-state index in [0.29, 0.717) is 12.7 Å². The Labute approximate surface area is 129 Å². The molecule has 6 heteroatoms. The lowest BCUT2D eigenvalue weighted by Gasteiger charge is -2.31. The van der Waals surface area contributed by atoms with Crippen LogP contribution in [0.4, 0.5) is 0 Å². The van der Waals surface area contributed by atoms with E-state index in [0.717, 1.165) is 49.1 Å². The summed E-state index contributed by atoms with van der Waals surface area (Å²) in [6.45, 7) is 5.70. The maximum absolute atomic E-state index is 8.78. The summed E-state index contributed by atoms with van der Waals surface area (Å²) >= 11 is 3.67. The van der Waals surface area contributed by atoms with Crippen LogP contribution in [0.5, 0.6) is 0 Å². The first kappa shape index (κ1) is 15.9. The van der Waals surface area contributed by atoms with Gasteiger partial charge in [0.15, 0.2) is 0 Å². The standard InChI is InChI=1S/C14H24BrN3O2/c1-3-12-14(15)13(17(2)16-12)10-18-6-4-11(5-7-18)20-9-8-19/h11,19H,3-10H2,1-2H3. The molecule has 2 heterocycles. The number of halogens is 1. The molecule has 0 atom stereocenters. The van der Waals surface area contributed by atoms with Gasteiger partial charge in [-0.1, -0.05) is 6.92 Å². The third kappa shape index (κ3) is 3.81. The topological polar surface area (TPSA) is 50.5 Å². The summed E-state index contributed by atoms with van der Waals surface area (Å²) in [7, 11) is 2.01. The molecule has 1 aliphatic heterocycles. The fourth-order valence-electron chi connectivity index (χ4n) is 2.66. The number of aliphatic hydroxyl groups excluding tert-OH is 1. The molecule has 1 saturated heterocycles. The van der Waals surface area contributed by atoms with E-state index in [1.807, 2.05) is 11.7 Å². The molecular formula is C14H24BrN3O2. The molecule has 20 heavy (non-hydrogen) atoms. The number of aryl methyl sites for hydroxylation is 2. The molecule has 1 fully saturated rings. The summed E-state index contributed by atoms with van der Waals surface area (Å²) in [6.07, 6.45) is 3.33. The van der Waals surface area contributed by atoms with Crippen molar-refractivity contribution in [2.75, 3.05) is 26.3 Å². The molecule has 1 N–H and O–H groups in total. The number of likely N-dealkylation sites (tertiary alicyclic amines) is 1. The van der Waals surface area contributed by atoms with Gasteiger partial charge in [-0.3, -0.25) is 9.58 Å². The van der Waals surface area contributed by atoms with Gasteiger partial charge >= 0.3 is 0 Å². The Balaban J connectivity index is 1.88. The van der Waals surface area contributed by atoms with E-state index < -0.39 is 0 Å². The number of ether oxygens (including phenoxy) is 1. The Hall–Kier alpha value is -0.430. The van der Waals surface area contributed by atoms with E-state index in [4.69, 9.17) is 9.84 Å². The molecular weight excluding hydrogens is 322 g/mol. The summed E-state index contributed by atoms with van der Waals surface area (Å²) in [5, 5.41) is 13.3. The number of hydrogen-bond donors (Lipinski definition) is 1. The second kappa shape index (κ2) is 7.54. The molecule has 0 amide bonds. The fraction of sp³-hybridized carbons (Fsp3) is 0.786. The average molecular weight is 346 g/mol. The molecule has 0 bridgehead atoms. The molecule has 5 nitrogen and oxygen atoms in total. The van der Waals surface area contributed by atoms with Gasteiger partial charge in [-0.15, -0.1) is 0 Å². The van der Waals surface area contributed by atoms with Crippen LogP contribution in [0.1, 0.15) is 31.2 Å². The van der Waals surface area contributed by atoms with Crippen LogP contribution < -0.4 is 0 Å². The number of piperidine rings is 1. The van der Waals surface area contributed by atoms with E-state index in [1.165, 1.54) is 5.69 Å². The highest BCUT2D eigenvalue weighted by molar-refractivity contribution is 9.10. The van der Waals surface area contributed by atoms with Crippen LogP contribution in [0.15, 0.2) is 4.47 Å². The van der Waals surface area contributed by atoms with Crippen molar-refractivity contribution in [2.45, 2.75) is 38.8 Å². The molecule has 1 aliphatic rings. The van der Waals surface area contributed by atoms with Crippen molar-refractivity contribution in [3.8, 4) is 0 Å². The molecule has 0 aliphatic carbocycles. The number of aliphatic hydroxyl groups is 1. The van der Waals surface area contributed by atoms with Gasteiger partial charge in [-0.05, 0) is 35.2 Å². The molecule has 0 spiro atoms. The second-order valence-electron chi connectivity index (χ2n) is 5.25.